The lowest BCUT2D eigenvalue weighted by atomic mass is 10.0. The van der Waals surface area contributed by atoms with E-state index < -0.39 is 43.6 Å². The summed E-state index contributed by atoms with van der Waals surface area (Å²) in [5, 5.41) is 19.2. The molecule has 6 rings (SSSR count). The number of carboxylic acid groups (broad SMARTS) is 2. The number of unbranched alkanes of at least 4 members (excludes halogenated alkanes) is 6. The summed E-state index contributed by atoms with van der Waals surface area (Å²) in [6.45, 7) is 3.33. The van der Waals surface area contributed by atoms with Gasteiger partial charge >= 0.3 is 11.9 Å². The molecule has 0 radical (unpaired) electrons. The lowest BCUT2D eigenvalue weighted by molar-refractivity contribution is -0.138. The minimum absolute atomic E-state index is 0.149. The van der Waals surface area contributed by atoms with Crippen molar-refractivity contribution < 1.29 is 45.4 Å². The zero-order valence-electron chi connectivity index (χ0n) is 36.4. The molecule has 0 aliphatic carbocycles. The molecular formula is C50H54F2N2O8S3. The molecule has 0 saturated heterocycles. The molecule has 1 heterocycles. The maximum absolute atomic E-state index is 14.6. The number of thiophene rings is 1. The normalized spacial score (nSPS) is 11.4. The van der Waals surface area contributed by atoms with E-state index in [4.69, 9.17) is 10.2 Å². The number of halogens is 2. The molecule has 65 heavy (non-hydrogen) atoms. The third kappa shape index (κ3) is 15.4. The molecule has 0 fully saturated rings. The number of carbonyl (C=O) groups is 2. The molecule has 0 amide bonds. The Morgan fingerprint density at radius 3 is 1.46 bits per heavy atom. The highest BCUT2D eigenvalue weighted by Crippen LogP contribution is 2.33. The summed E-state index contributed by atoms with van der Waals surface area (Å²) >= 11 is 1.39. The Hall–Kier alpha value is -5.90. The number of hydrogen-bond donors (Lipinski definition) is 4. The second-order valence-corrected chi connectivity index (χ2v) is 20.1. The van der Waals surface area contributed by atoms with Crippen molar-refractivity contribution in [2.24, 2.45) is 0 Å². The molecule has 0 atom stereocenters. The second-order valence-electron chi connectivity index (χ2n) is 15.8. The Labute approximate surface area is 384 Å². The third-order valence-electron chi connectivity index (χ3n) is 10.6. The van der Waals surface area contributed by atoms with Crippen molar-refractivity contribution in [3.8, 4) is 21.6 Å². The number of benzene rings is 5. The largest absolute Gasteiger partial charge is 0.481 e. The van der Waals surface area contributed by atoms with E-state index in [9.17, 15) is 35.2 Å². The Kier molecular flexibility index (Phi) is 18.4. The van der Waals surface area contributed by atoms with E-state index in [2.05, 4.69) is 9.44 Å². The maximum atomic E-state index is 14.6. The van der Waals surface area contributed by atoms with Crippen molar-refractivity contribution in [3.63, 3.8) is 0 Å². The molecule has 0 bridgehead atoms. The van der Waals surface area contributed by atoms with Gasteiger partial charge in [0.15, 0.2) is 0 Å². The summed E-state index contributed by atoms with van der Waals surface area (Å²) in [6.07, 6.45) is 8.24. The highest BCUT2D eigenvalue weighted by atomic mass is 32.2. The average Bonchev–Trinajstić information content (AvgIpc) is 3.81. The summed E-state index contributed by atoms with van der Waals surface area (Å²) in [7, 11) is -7.70. The van der Waals surface area contributed by atoms with Gasteiger partial charge in [-0.25, -0.2) is 25.6 Å². The van der Waals surface area contributed by atoms with E-state index in [0.29, 0.717) is 64.9 Å². The lowest BCUT2D eigenvalue weighted by Crippen LogP contribution is -2.14. The molecule has 10 nitrogen and oxygen atoms in total. The number of carboxylic acids is 2. The van der Waals surface area contributed by atoms with Crippen molar-refractivity contribution >= 4 is 54.7 Å². The average molecular weight is 945 g/mol. The Morgan fingerprint density at radius 2 is 1.00 bits per heavy atom. The number of rotatable bonds is 22. The third-order valence-corrected chi connectivity index (χ3v) is 14.2. The van der Waals surface area contributed by atoms with Gasteiger partial charge in [-0.1, -0.05) is 86.3 Å². The predicted molar refractivity (Wildman–Crippen MR) is 254 cm³/mol. The van der Waals surface area contributed by atoms with Gasteiger partial charge in [-0.05, 0) is 140 Å². The summed E-state index contributed by atoms with van der Waals surface area (Å²) in [6, 6.07) is 31.9. The van der Waals surface area contributed by atoms with Crippen LogP contribution in [-0.2, 0) is 42.5 Å². The fourth-order valence-electron chi connectivity index (χ4n) is 7.09. The fraction of sp³-hybridized carbons (Fsp3) is 0.280. The first-order chi connectivity index (χ1) is 31.0. The van der Waals surface area contributed by atoms with Gasteiger partial charge in [-0.2, -0.15) is 0 Å². The highest BCUT2D eigenvalue weighted by molar-refractivity contribution is 7.93. The van der Waals surface area contributed by atoms with E-state index in [1.54, 1.807) is 68.4 Å². The Morgan fingerprint density at radius 1 is 0.538 bits per heavy atom. The topological polar surface area (TPSA) is 167 Å². The summed E-state index contributed by atoms with van der Waals surface area (Å²) in [5.74, 6) is -2.37. The van der Waals surface area contributed by atoms with Crippen LogP contribution in [0.4, 0.5) is 20.2 Å². The van der Waals surface area contributed by atoms with Crippen LogP contribution in [0, 0.1) is 25.5 Å². The SMILES string of the molecule is Cc1cc(F)c(-c2ccccc2)cc1NS(=O)(=O)c1cccc(CCCCCCC(=O)O)c1.Cc1cc(F)c(-c2cccs2)cc1NS(=O)(=O)c1cccc(CCCCCCC(=O)O)c1. The van der Waals surface area contributed by atoms with Crippen molar-refractivity contribution in [1.82, 2.24) is 0 Å². The molecule has 0 aliphatic rings. The first kappa shape index (κ1) is 50.1. The zero-order valence-corrected chi connectivity index (χ0v) is 38.8. The highest BCUT2D eigenvalue weighted by Gasteiger charge is 2.20. The molecule has 6 aromatic rings. The fourth-order valence-corrected chi connectivity index (χ4v) is 10.2. The van der Waals surface area contributed by atoms with Gasteiger partial charge in [-0.3, -0.25) is 19.0 Å². The van der Waals surface area contributed by atoms with Crippen LogP contribution in [0.25, 0.3) is 21.6 Å². The van der Waals surface area contributed by atoms with E-state index in [0.717, 1.165) is 54.5 Å². The Balaban J connectivity index is 0.000000244. The number of aryl methyl sites for hydroxylation is 4. The van der Waals surface area contributed by atoms with Crippen LogP contribution in [0.1, 0.15) is 86.5 Å². The van der Waals surface area contributed by atoms with Crippen molar-refractivity contribution in [2.75, 3.05) is 9.44 Å². The minimum atomic E-state index is -3.86. The predicted octanol–water partition coefficient (Wildman–Crippen LogP) is 12.4. The quantitative estimate of drug-likeness (QED) is 0.0488. The van der Waals surface area contributed by atoms with Crippen LogP contribution < -0.4 is 9.44 Å². The number of nitrogens with one attached hydrogen (secondary N) is 2. The lowest BCUT2D eigenvalue weighted by Gasteiger charge is -2.14. The van der Waals surface area contributed by atoms with Crippen LogP contribution in [0.2, 0.25) is 0 Å². The molecular weight excluding hydrogens is 891 g/mol. The number of hydrogen-bond acceptors (Lipinski definition) is 7. The van der Waals surface area contributed by atoms with Crippen molar-refractivity contribution in [3.05, 3.63) is 155 Å². The molecule has 0 spiro atoms. The van der Waals surface area contributed by atoms with Crippen LogP contribution in [0.3, 0.4) is 0 Å². The first-order valence-corrected chi connectivity index (χ1v) is 25.2. The number of sulfonamides is 2. The Bertz CT molecular complexity index is 2760. The summed E-state index contributed by atoms with van der Waals surface area (Å²) in [4.78, 5) is 22.1. The van der Waals surface area contributed by atoms with Crippen LogP contribution >= 0.6 is 11.3 Å². The molecule has 0 aliphatic heterocycles. The second kappa shape index (κ2) is 23.9. The van der Waals surface area contributed by atoms with Crippen LogP contribution in [0.15, 0.2) is 130 Å². The van der Waals surface area contributed by atoms with E-state index >= 15 is 0 Å². The van der Waals surface area contributed by atoms with Gasteiger partial charge < -0.3 is 10.2 Å². The minimum Gasteiger partial charge on any atom is -0.481 e. The van der Waals surface area contributed by atoms with Crippen LogP contribution in [-0.4, -0.2) is 39.0 Å². The molecule has 5 aromatic carbocycles. The maximum Gasteiger partial charge on any atom is 0.303 e. The van der Waals surface area contributed by atoms with E-state index in [1.165, 1.54) is 47.7 Å². The smallest absolute Gasteiger partial charge is 0.303 e. The molecule has 4 N–H and O–H groups in total. The van der Waals surface area contributed by atoms with Gasteiger partial charge in [0.05, 0.1) is 21.2 Å². The standard InChI is InChI=1S/C26H28FNO4S.C24H26FNO4S2/c1-19-16-24(27)23(21-12-6-4-7-13-21)18-25(19)28-33(31,32)22-14-9-11-20(17-22)10-5-2-3-8-15-26(29)30;1-17-14-21(25)20(23-11-7-13-31-23)16-22(17)26-32(29,30)19-10-6-9-18(15-19)8-4-2-3-5-12-24(27)28/h4,6-7,9,11-14,16-18,28H,2-3,5,8,10,15H2,1H3,(H,29,30);6-7,9-11,13-16,26H,2-5,8,12H2,1H3,(H,27,28). The molecule has 0 saturated carbocycles. The van der Waals surface area contributed by atoms with E-state index in [-0.39, 0.29) is 22.6 Å². The summed E-state index contributed by atoms with van der Waals surface area (Å²) in [5.41, 5.74) is 4.84. The van der Waals surface area contributed by atoms with Gasteiger partial charge in [0.25, 0.3) is 20.0 Å². The van der Waals surface area contributed by atoms with Gasteiger partial charge in [-0.15, -0.1) is 11.3 Å². The first-order valence-electron chi connectivity index (χ1n) is 21.4. The van der Waals surface area contributed by atoms with Crippen molar-refractivity contribution in [2.45, 2.75) is 101 Å². The number of anilines is 2. The van der Waals surface area contributed by atoms with Gasteiger partial charge in [0.1, 0.15) is 11.6 Å². The molecule has 15 heteroatoms. The number of aliphatic carboxylic acids is 2. The van der Waals surface area contributed by atoms with Gasteiger partial charge in [0, 0.05) is 28.8 Å². The molecule has 344 valence electrons. The summed E-state index contributed by atoms with van der Waals surface area (Å²) < 4.78 is 86.3. The zero-order chi connectivity index (χ0) is 47.0. The van der Waals surface area contributed by atoms with Crippen LogP contribution in [0.5, 0.6) is 0 Å². The van der Waals surface area contributed by atoms with Crippen molar-refractivity contribution in [1.29, 1.82) is 0 Å². The molecule has 0 unspecified atom stereocenters. The molecule has 1 aromatic heterocycles. The van der Waals surface area contributed by atoms with E-state index in [1.807, 2.05) is 29.6 Å². The monoisotopic (exact) mass is 944 g/mol. The van der Waals surface area contributed by atoms with Gasteiger partial charge in [0.2, 0.25) is 0 Å².